The number of halogens is 1. The molecule has 1 amide bonds. The van der Waals surface area contributed by atoms with Crippen molar-refractivity contribution >= 4 is 17.3 Å². The molecule has 0 radical (unpaired) electrons. The highest BCUT2D eigenvalue weighted by molar-refractivity contribution is 6.04. The Morgan fingerprint density at radius 1 is 1.15 bits per heavy atom. The van der Waals surface area contributed by atoms with Gasteiger partial charge >= 0.3 is 0 Å². The van der Waals surface area contributed by atoms with Crippen molar-refractivity contribution in [2.24, 2.45) is 0 Å². The predicted octanol–water partition coefficient (Wildman–Crippen LogP) is 3.73. The van der Waals surface area contributed by atoms with Crippen LogP contribution in [0.5, 0.6) is 5.75 Å². The highest BCUT2D eigenvalue weighted by atomic mass is 19.1. The maximum atomic E-state index is 13.1. The maximum absolute atomic E-state index is 13.1. The molecule has 3 rings (SSSR count). The summed E-state index contributed by atoms with van der Waals surface area (Å²) in [7, 11) is 3.90. The molecular weight excluding hydrogens is 347 g/mol. The molecule has 1 aromatic heterocycles. The van der Waals surface area contributed by atoms with Crippen LogP contribution < -0.4 is 15.0 Å². The third-order valence-electron chi connectivity index (χ3n) is 3.93. The lowest BCUT2D eigenvalue weighted by Crippen LogP contribution is -2.15. The molecule has 6 nitrogen and oxygen atoms in total. The van der Waals surface area contributed by atoms with E-state index in [9.17, 15) is 9.18 Å². The van der Waals surface area contributed by atoms with Crippen molar-refractivity contribution in [3.8, 4) is 11.4 Å². The molecule has 0 spiro atoms. The topological polar surface area (TPSA) is 59.4 Å². The predicted molar refractivity (Wildman–Crippen MR) is 103 cm³/mol. The fraction of sp³-hybridized carbons (Fsp3) is 0.200. The minimum Gasteiger partial charge on any atom is -0.490 e. The van der Waals surface area contributed by atoms with Crippen LogP contribution in [0.2, 0.25) is 0 Å². The first kappa shape index (κ1) is 18.4. The monoisotopic (exact) mass is 368 g/mol. The van der Waals surface area contributed by atoms with E-state index in [2.05, 4.69) is 10.4 Å². The number of aromatic nitrogens is 2. The lowest BCUT2D eigenvalue weighted by molar-refractivity contribution is 0.101. The number of hydrogen-bond acceptors (Lipinski definition) is 4. The zero-order chi connectivity index (χ0) is 19.4. The van der Waals surface area contributed by atoms with Gasteiger partial charge < -0.3 is 15.0 Å². The zero-order valence-electron chi connectivity index (χ0n) is 15.4. The fourth-order valence-corrected chi connectivity index (χ4v) is 2.54. The van der Waals surface area contributed by atoms with Crippen molar-refractivity contribution in [3.63, 3.8) is 0 Å². The van der Waals surface area contributed by atoms with Gasteiger partial charge in [-0.2, -0.15) is 5.10 Å². The molecule has 0 saturated heterocycles. The number of ether oxygens (including phenoxy) is 1. The Morgan fingerprint density at radius 3 is 2.41 bits per heavy atom. The normalized spacial score (nSPS) is 10.5. The van der Waals surface area contributed by atoms with Crippen LogP contribution in [-0.4, -0.2) is 36.4 Å². The van der Waals surface area contributed by atoms with Gasteiger partial charge in [-0.3, -0.25) is 4.79 Å². The second kappa shape index (κ2) is 7.90. The van der Waals surface area contributed by atoms with E-state index in [0.29, 0.717) is 23.7 Å². The maximum Gasteiger partial charge on any atom is 0.280 e. The van der Waals surface area contributed by atoms with Gasteiger partial charge in [-0.05, 0) is 55.5 Å². The Hall–Kier alpha value is -3.35. The minimum atomic E-state index is -0.378. The van der Waals surface area contributed by atoms with Gasteiger partial charge in [-0.1, -0.05) is 0 Å². The van der Waals surface area contributed by atoms with Gasteiger partial charge in [0.1, 0.15) is 5.82 Å². The highest BCUT2D eigenvalue weighted by Gasteiger charge is 2.19. The third-order valence-corrected chi connectivity index (χ3v) is 3.93. The van der Waals surface area contributed by atoms with E-state index in [1.165, 1.54) is 16.8 Å². The molecule has 0 unspecified atom stereocenters. The summed E-state index contributed by atoms with van der Waals surface area (Å²) < 4.78 is 20.2. The molecule has 0 aliphatic carbocycles. The molecule has 1 heterocycles. The Kier molecular flexibility index (Phi) is 5.40. The summed E-state index contributed by atoms with van der Waals surface area (Å²) in [6.45, 7) is 2.23. The van der Waals surface area contributed by atoms with Gasteiger partial charge in [0, 0.05) is 25.5 Å². The van der Waals surface area contributed by atoms with E-state index in [-0.39, 0.29) is 17.4 Å². The lowest BCUT2D eigenvalue weighted by Gasteiger charge is -2.13. The van der Waals surface area contributed by atoms with E-state index in [0.717, 1.165) is 5.69 Å². The summed E-state index contributed by atoms with van der Waals surface area (Å²) in [4.78, 5) is 14.7. The first-order valence-electron chi connectivity index (χ1n) is 8.55. The largest absolute Gasteiger partial charge is 0.490 e. The van der Waals surface area contributed by atoms with Crippen LogP contribution in [0.4, 0.5) is 15.8 Å². The number of benzene rings is 2. The Balaban J connectivity index is 1.85. The van der Waals surface area contributed by atoms with Gasteiger partial charge in [-0.25, -0.2) is 9.07 Å². The average molecular weight is 368 g/mol. The van der Waals surface area contributed by atoms with Crippen LogP contribution in [0.1, 0.15) is 17.4 Å². The van der Waals surface area contributed by atoms with E-state index in [1.807, 2.05) is 50.2 Å². The second-order valence-corrected chi connectivity index (χ2v) is 6.09. The Morgan fingerprint density at radius 2 is 1.81 bits per heavy atom. The molecule has 1 N–H and O–H groups in total. The summed E-state index contributed by atoms with van der Waals surface area (Å²) in [5.74, 6) is -0.351. The van der Waals surface area contributed by atoms with Crippen molar-refractivity contribution in [3.05, 3.63) is 66.2 Å². The highest BCUT2D eigenvalue weighted by Crippen LogP contribution is 2.22. The quantitative estimate of drug-likeness (QED) is 0.720. The van der Waals surface area contributed by atoms with Crippen molar-refractivity contribution in [2.45, 2.75) is 6.92 Å². The van der Waals surface area contributed by atoms with E-state index >= 15 is 0 Å². The summed E-state index contributed by atoms with van der Waals surface area (Å²) in [6, 6.07) is 13.3. The number of hydrogen-bond donors (Lipinski definition) is 1. The molecule has 2 aromatic carbocycles. The number of nitrogens with zero attached hydrogens (tertiary/aromatic N) is 3. The van der Waals surface area contributed by atoms with Crippen LogP contribution in [0.15, 0.2) is 54.7 Å². The number of rotatable bonds is 6. The summed E-state index contributed by atoms with van der Waals surface area (Å²) >= 11 is 0. The molecule has 0 atom stereocenters. The van der Waals surface area contributed by atoms with Crippen molar-refractivity contribution < 1.29 is 13.9 Å². The average Bonchev–Trinajstić information content (AvgIpc) is 3.07. The standard InChI is InChI=1S/C20H21FN4O2/c1-4-27-18-13-25(17-9-5-14(21)6-10-17)23-19(18)20(26)22-15-7-11-16(12-8-15)24(2)3/h5-13H,4H2,1-3H3,(H,22,26). The smallest absolute Gasteiger partial charge is 0.280 e. The molecule has 7 heteroatoms. The third kappa shape index (κ3) is 4.25. The first-order valence-corrected chi connectivity index (χ1v) is 8.55. The van der Waals surface area contributed by atoms with E-state index in [4.69, 9.17) is 4.74 Å². The van der Waals surface area contributed by atoms with Crippen LogP contribution in [0.25, 0.3) is 5.69 Å². The summed E-state index contributed by atoms with van der Waals surface area (Å²) in [6.07, 6.45) is 1.61. The molecule has 0 saturated carbocycles. The van der Waals surface area contributed by atoms with Crippen molar-refractivity contribution in [2.75, 3.05) is 30.9 Å². The van der Waals surface area contributed by atoms with Crippen molar-refractivity contribution in [1.29, 1.82) is 0 Å². The number of nitrogens with one attached hydrogen (secondary N) is 1. The molecule has 0 fully saturated rings. The van der Waals surface area contributed by atoms with Gasteiger partial charge in [0.25, 0.3) is 5.91 Å². The SMILES string of the molecule is CCOc1cn(-c2ccc(F)cc2)nc1C(=O)Nc1ccc(N(C)C)cc1. The zero-order valence-corrected chi connectivity index (χ0v) is 15.4. The van der Waals surface area contributed by atoms with Crippen LogP contribution in [0, 0.1) is 5.82 Å². The van der Waals surface area contributed by atoms with Gasteiger partial charge in [0.15, 0.2) is 11.4 Å². The summed E-state index contributed by atoms with van der Waals surface area (Å²) in [5, 5.41) is 7.14. The molecule has 0 aliphatic rings. The van der Waals surface area contributed by atoms with E-state index in [1.54, 1.807) is 18.3 Å². The van der Waals surface area contributed by atoms with Crippen LogP contribution in [0.3, 0.4) is 0 Å². The number of carbonyl (C=O) groups is 1. The molecular formula is C20H21FN4O2. The fourth-order valence-electron chi connectivity index (χ4n) is 2.54. The number of carbonyl (C=O) groups excluding carboxylic acids is 1. The van der Waals surface area contributed by atoms with E-state index < -0.39 is 0 Å². The Bertz CT molecular complexity index is 918. The molecule has 140 valence electrons. The second-order valence-electron chi connectivity index (χ2n) is 6.09. The van der Waals surface area contributed by atoms with Crippen molar-refractivity contribution in [1.82, 2.24) is 9.78 Å². The van der Waals surface area contributed by atoms with Gasteiger partial charge in [0.05, 0.1) is 18.5 Å². The first-order chi connectivity index (χ1) is 13.0. The minimum absolute atomic E-state index is 0.165. The number of anilines is 2. The van der Waals surface area contributed by atoms with Gasteiger partial charge in [0.2, 0.25) is 0 Å². The molecule has 0 aliphatic heterocycles. The molecule has 3 aromatic rings. The number of amides is 1. The summed E-state index contributed by atoms with van der Waals surface area (Å²) in [5.41, 5.74) is 2.48. The Labute approximate surface area is 157 Å². The van der Waals surface area contributed by atoms with Crippen LogP contribution in [-0.2, 0) is 0 Å². The van der Waals surface area contributed by atoms with Crippen LogP contribution >= 0.6 is 0 Å². The lowest BCUT2D eigenvalue weighted by atomic mass is 10.2. The molecule has 27 heavy (non-hydrogen) atoms. The molecule has 0 bridgehead atoms. The van der Waals surface area contributed by atoms with Gasteiger partial charge in [-0.15, -0.1) is 0 Å².